The molecule has 0 bridgehead atoms. The van der Waals surface area contributed by atoms with E-state index < -0.39 is 107 Å². The van der Waals surface area contributed by atoms with E-state index in [4.69, 9.17) is 33.3 Å². The molecule has 1 saturated carbocycles. The minimum absolute atomic E-state index is 0.124. The summed E-state index contributed by atoms with van der Waals surface area (Å²) in [5.74, 6) is -5.46. The Balaban J connectivity index is 1.90. The highest BCUT2D eigenvalue weighted by Crippen LogP contribution is 2.43. The smallest absolute Gasteiger partial charge is 0.185 e. The first-order chi connectivity index (χ1) is 28.8. The number of carbonyl (C=O) groups excluding carboxylic acids is 1. The first kappa shape index (κ1) is 52.4. The molecule has 16 heteroatoms. The number of ether oxygens (including phenoxy) is 6. The second-order valence-corrected chi connectivity index (χ2v) is 19.2. The van der Waals surface area contributed by atoms with E-state index in [9.17, 15) is 34.0 Å². The maximum Gasteiger partial charge on any atom is 0.185 e. The lowest BCUT2D eigenvalue weighted by Crippen LogP contribution is -2.61. The largest absolute Gasteiger partial charge is 0.391 e. The second kappa shape index (κ2) is 21.4. The molecule has 18 atom stereocenters. The van der Waals surface area contributed by atoms with Gasteiger partial charge in [-0.1, -0.05) is 46.2 Å². The van der Waals surface area contributed by atoms with Gasteiger partial charge in [0, 0.05) is 62.8 Å². The fourth-order valence-corrected chi connectivity index (χ4v) is 10.1. The van der Waals surface area contributed by atoms with Crippen molar-refractivity contribution in [2.75, 3.05) is 28.3 Å². The second-order valence-electron chi connectivity index (χ2n) is 19.2. The van der Waals surface area contributed by atoms with Crippen LogP contribution < -0.4 is 0 Å². The Morgan fingerprint density at radius 1 is 0.871 bits per heavy atom. The SMILES string of the molecule is CC[C@H]1CC(=O)[C@H](C)[C@@H](O[C@H]2C[C@@](C)(OC)[C@@H](O)[C@H](C)O2)[C@H](C)[C@@H](O[C@@H]2O[C@H](C)C[C@H](N(C)C)[C@H]2O)[C@](C)(OC)C[C@@H](C)/C(=N\OCc2cc(F)cc(F)c2)[C@H](C)[C@@H](O)[C@]1(C)O. The molecule has 0 radical (unpaired) electrons. The Hall–Kier alpha value is -2.22. The topological polar surface area (TPSA) is 178 Å². The van der Waals surface area contributed by atoms with E-state index in [0.29, 0.717) is 18.6 Å². The summed E-state index contributed by atoms with van der Waals surface area (Å²) >= 11 is 0. The number of hydrogen-bond donors (Lipinski definition) is 4. The number of oxime groups is 1. The molecule has 3 fully saturated rings. The number of likely N-dealkylation sites (N-methyl/N-ethyl adjacent to an activating group) is 1. The third-order valence-corrected chi connectivity index (χ3v) is 14.3. The molecule has 3 aliphatic rings. The number of aliphatic hydroxyl groups excluding tert-OH is 3. The van der Waals surface area contributed by atoms with Crippen LogP contribution >= 0.6 is 0 Å². The van der Waals surface area contributed by atoms with E-state index in [2.05, 4.69) is 5.16 Å². The number of ketones is 1. The highest BCUT2D eigenvalue weighted by molar-refractivity contribution is 5.89. The summed E-state index contributed by atoms with van der Waals surface area (Å²) in [5.41, 5.74) is -3.59. The van der Waals surface area contributed by atoms with Crippen molar-refractivity contribution in [1.82, 2.24) is 4.90 Å². The van der Waals surface area contributed by atoms with Crippen molar-refractivity contribution in [3.63, 3.8) is 0 Å². The first-order valence-corrected chi connectivity index (χ1v) is 22.2. The lowest BCUT2D eigenvalue weighted by molar-refractivity contribution is -0.318. The van der Waals surface area contributed by atoms with Crippen LogP contribution in [0.25, 0.3) is 0 Å². The molecular weight excluding hydrogens is 811 g/mol. The van der Waals surface area contributed by atoms with Crippen molar-refractivity contribution in [3.8, 4) is 0 Å². The van der Waals surface area contributed by atoms with Crippen LogP contribution in [0.4, 0.5) is 8.78 Å². The van der Waals surface area contributed by atoms with Crippen LogP contribution in [0.2, 0.25) is 0 Å². The molecule has 1 aromatic carbocycles. The van der Waals surface area contributed by atoms with Gasteiger partial charge in [-0.3, -0.25) is 4.79 Å². The van der Waals surface area contributed by atoms with Gasteiger partial charge < -0.3 is 58.6 Å². The molecule has 62 heavy (non-hydrogen) atoms. The predicted octanol–water partition coefficient (Wildman–Crippen LogP) is 5.39. The van der Waals surface area contributed by atoms with Crippen molar-refractivity contribution in [2.45, 2.75) is 186 Å². The number of benzene rings is 1. The number of nitrogens with zero attached hydrogens (tertiary/aromatic N) is 2. The van der Waals surface area contributed by atoms with Gasteiger partial charge in [0.15, 0.2) is 12.6 Å². The van der Waals surface area contributed by atoms with Crippen molar-refractivity contribution in [3.05, 3.63) is 35.4 Å². The summed E-state index contributed by atoms with van der Waals surface area (Å²) in [6.07, 6.45) is -7.38. The van der Waals surface area contributed by atoms with E-state index >= 15 is 0 Å². The molecule has 2 aliphatic heterocycles. The van der Waals surface area contributed by atoms with Crippen LogP contribution in [-0.2, 0) is 44.7 Å². The predicted molar refractivity (Wildman–Crippen MR) is 228 cm³/mol. The van der Waals surface area contributed by atoms with E-state index in [0.717, 1.165) is 18.2 Å². The molecule has 14 nitrogen and oxygen atoms in total. The van der Waals surface area contributed by atoms with Gasteiger partial charge in [0.05, 0.1) is 53.0 Å². The van der Waals surface area contributed by atoms with Gasteiger partial charge in [0.25, 0.3) is 0 Å². The number of Topliss-reactive ketones (excluding diaryl/α,β-unsaturated/α-hetero) is 1. The fraction of sp³-hybridized carbons (Fsp3) is 0.826. The summed E-state index contributed by atoms with van der Waals surface area (Å²) < 4.78 is 66.9. The lowest BCUT2D eigenvalue weighted by atomic mass is 9.69. The summed E-state index contributed by atoms with van der Waals surface area (Å²) in [6.45, 7) is 17.5. The van der Waals surface area contributed by atoms with Crippen LogP contribution in [0.1, 0.15) is 107 Å². The molecule has 2 saturated heterocycles. The number of halogens is 2. The Kier molecular flexibility index (Phi) is 18.1. The summed E-state index contributed by atoms with van der Waals surface area (Å²) in [4.78, 5) is 22.4. The zero-order chi connectivity index (χ0) is 46.6. The van der Waals surface area contributed by atoms with Crippen molar-refractivity contribution < 1.29 is 67.3 Å². The maximum atomic E-state index is 14.7. The summed E-state index contributed by atoms with van der Waals surface area (Å²) in [7, 11) is 6.80. The van der Waals surface area contributed by atoms with Gasteiger partial charge in [-0.05, 0) is 85.2 Å². The van der Waals surface area contributed by atoms with Crippen molar-refractivity contribution in [2.24, 2.45) is 34.7 Å². The Labute approximate surface area is 367 Å². The molecule has 0 aromatic heterocycles. The highest BCUT2D eigenvalue weighted by atomic mass is 19.1. The Morgan fingerprint density at radius 3 is 2.05 bits per heavy atom. The molecule has 1 aliphatic carbocycles. The van der Waals surface area contributed by atoms with Gasteiger partial charge in [-0.2, -0.15) is 0 Å². The fourth-order valence-electron chi connectivity index (χ4n) is 10.1. The normalized spacial score (nSPS) is 43.7. The maximum absolute atomic E-state index is 14.7. The summed E-state index contributed by atoms with van der Waals surface area (Å²) in [6, 6.07) is 2.72. The Morgan fingerprint density at radius 2 is 1.48 bits per heavy atom. The first-order valence-electron chi connectivity index (χ1n) is 22.2. The number of rotatable bonds is 11. The number of aliphatic hydroxyl groups is 4. The monoisotopic (exact) mass is 887 g/mol. The molecule has 2 heterocycles. The standard InChI is InChI=1S/C46H76F2N2O12/c1-15-31-19-35(51)26(4)39(61-36-22-44(8,56-13)41(54)29(7)60-36)28(6)42(62-43-38(52)34(50(11)12)16-25(3)59-43)45(9,57-14)21-24(2)37(27(5)40(53)46(31,10)55)49-58-23-30-17-32(47)20-33(48)18-30/h17-18,20,24-29,31,34,36,38-43,52-55H,15-16,19,21-23H2,1-14H3/b49-37+/t24-,25-,26+,27+,28+,29+,31+,34+,36+,38-,39-,40-,41+,42-,43+,44-,45-,46-/m1/s1. The van der Waals surface area contributed by atoms with Crippen LogP contribution in [-0.4, -0.2) is 143 Å². The highest BCUT2D eigenvalue weighted by Gasteiger charge is 2.53. The van der Waals surface area contributed by atoms with E-state index in [1.807, 2.05) is 53.6 Å². The molecular formula is C46H76F2N2O12. The van der Waals surface area contributed by atoms with Gasteiger partial charge in [-0.25, -0.2) is 8.78 Å². The molecule has 0 spiro atoms. The third-order valence-electron chi connectivity index (χ3n) is 14.3. The van der Waals surface area contributed by atoms with E-state index in [1.54, 1.807) is 27.7 Å². The average molecular weight is 887 g/mol. The number of carbonyl (C=O) groups is 1. The van der Waals surface area contributed by atoms with Gasteiger partial charge >= 0.3 is 0 Å². The van der Waals surface area contributed by atoms with Crippen LogP contribution in [0, 0.1) is 41.2 Å². The van der Waals surface area contributed by atoms with Crippen molar-refractivity contribution >= 4 is 11.5 Å². The minimum Gasteiger partial charge on any atom is -0.391 e. The van der Waals surface area contributed by atoms with Crippen molar-refractivity contribution in [1.29, 1.82) is 0 Å². The number of hydrogen-bond acceptors (Lipinski definition) is 14. The molecule has 0 unspecified atom stereocenters. The zero-order valence-corrected chi connectivity index (χ0v) is 39.3. The van der Waals surface area contributed by atoms with Crippen LogP contribution in [0.15, 0.2) is 23.4 Å². The summed E-state index contributed by atoms with van der Waals surface area (Å²) in [5, 5.41) is 51.6. The van der Waals surface area contributed by atoms with E-state index in [1.165, 1.54) is 21.1 Å². The molecule has 4 rings (SSSR count). The molecule has 1 aromatic rings. The third kappa shape index (κ3) is 11.8. The molecule has 356 valence electrons. The van der Waals surface area contributed by atoms with Gasteiger partial charge in [0.1, 0.15) is 36.2 Å². The van der Waals surface area contributed by atoms with Crippen LogP contribution in [0.3, 0.4) is 0 Å². The van der Waals surface area contributed by atoms with Crippen LogP contribution in [0.5, 0.6) is 0 Å². The van der Waals surface area contributed by atoms with E-state index in [-0.39, 0.29) is 49.4 Å². The molecule has 4 N–H and O–H groups in total. The lowest BCUT2D eigenvalue weighted by Gasteiger charge is -2.50. The van der Waals surface area contributed by atoms with Gasteiger partial charge in [-0.15, -0.1) is 0 Å². The minimum atomic E-state index is -1.80. The zero-order valence-electron chi connectivity index (χ0n) is 39.3. The van der Waals surface area contributed by atoms with Gasteiger partial charge in [0.2, 0.25) is 0 Å². The quantitative estimate of drug-likeness (QED) is 0.209. The average Bonchev–Trinajstić information content (AvgIpc) is 3.20. The Bertz CT molecular complexity index is 1630. The number of methoxy groups -OCH3 is 2. The molecule has 0 amide bonds.